The number of carbonyl (C=O) groups excluding carboxylic acids is 1. The first-order chi connectivity index (χ1) is 8.24. The van der Waals surface area contributed by atoms with Gasteiger partial charge in [0, 0.05) is 25.7 Å². The topological polar surface area (TPSA) is 52.6 Å². The molecule has 0 spiro atoms. The number of nitrogens with one attached hydrogen (secondary N) is 1. The molecule has 3 unspecified atom stereocenters. The molecule has 2 aliphatic rings. The van der Waals surface area contributed by atoms with E-state index in [1.165, 1.54) is 0 Å². The van der Waals surface area contributed by atoms with Crippen LogP contribution >= 0.6 is 0 Å². The van der Waals surface area contributed by atoms with E-state index in [1.54, 1.807) is 0 Å². The van der Waals surface area contributed by atoms with Crippen LogP contribution in [0.15, 0.2) is 0 Å². The predicted molar refractivity (Wildman–Crippen MR) is 66.6 cm³/mol. The Morgan fingerprint density at radius 1 is 1.47 bits per heavy atom. The third-order valence-corrected chi connectivity index (χ3v) is 4.19. The molecule has 3 atom stereocenters. The summed E-state index contributed by atoms with van der Waals surface area (Å²) in [6.07, 6.45) is 4.00. The molecule has 0 radical (unpaired) electrons. The lowest BCUT2D eigenvalue weighted by molar-refractivity contribution is -0.137. The van der Waals surface area contributed by atoms with Gasteiger partial charge in [-0.25, -0.2) is 0 Å². The fourth-order valence-electron chi connectivity index (χ4n) is 3.11. The smallest absolute Gasteiger partial charge is 0.227 e. The SMILES string of the molecule is CC1CNCC1C(=O)N1CCCC1CCCO. The van der Waals surface area contributed by atoms with Crippen LogP contribution in [0.4, 0.5) is 0 Å². The van der Waals surface area contributed by atoms with Gasteiger partial charge in [-0.05, 0) is 38.1 Å². The summed E-state index contributed by atoms with van der Waals surface area (Å²) in [6, 6.07) is 0.377. The zero-order chi connectivity index (χ0) is 12.3. The molecular formula is C13H24N2O2. The lowest BCUT2D eigenvalue weighted by atomic mass is 9.96. The lowest BCUT2D eigenvalue weighted by Crippen LogP contribution is -2.41. The number of rotatable bonds is 4. The second-order valence-electron chi connectivity index (χ2n) is 5.44. The van der Waals surface area contributed by atoms with Crippen LogP contribution in [0.3, 0.4) is 0 Å². The van der Waals surface area contributed by atoms with E-state index in [1.807, 2.05) is 0 Å². The maximum absolute atomic E-state index is 12.5. The molecule has 2 aliphatic heterocycles. The first-order valence-electron chi connectivity index (χ1n) is 6.86. The lowest BCUT2D eigenvalue weighted by Gasteiger charge is -2.28. The second-order valence-corrected chi connectivity index (χ2v) is 5.44. The molecule has 2 saturated heterocycles. The van der Waals surface area contributed by atoms with Gasteiger partial charge >= 0.3 is 0 Å². The number of aliphatic hydroxyl groups excluding tert-OH is 1. The van der Waals surface area contributed by atoms with Crippen molar-refractivity contribution in [2.24, 2.45) is 11.8 Å². The summed E-state index contributed by atoms with van der Waals surface area (Å²) >= 11 is 0. The summed E-state index contributed by atoms with van der Waals surface area (Å²) in [6.45, 7) is 5.11. The van der Waals surface area contributed by atoms with E-state index in [0.717, 1.165) is 45.3 Å². The Balaban J connectivity index is 1.93. The Kier molecular flexibility index (Phi) is 4.40. The largest absolute Gasteiger partial charge is 0.396 e. The molecule has 2 N–H and O–H groups in total. The van der Waals surface area contributed by atoms with Crippen molar-refractivity contribution in [3.63, 3.8) is 0 Å². The average Bonchev–Trinajstić information content (AvgIpc) is 2.94. The van der Waals surface area contributed by atoms with E-state index >= 15 is 0 Å². The number of carbonyl (C=O) groups is 1. The molecule has 2 rings (SSSR count). The van der Waals surface area contributed by atoms with Crippen LogP contribution in [0.1, 0.15) is 32.6 Å². The van der Waals surface area contributed by atoms with Crippen LogP contribution in [-0.4, -0.2) is 48.2 Å². The molecule has 4 heteroatoms. The Morgan fingerprint density at radius 3 is 2.94 bits per heavy atom. The third-order valence-electron chi connectivity index (χ3n) is 4.19. The first-order valence-corrected chi connectivity index (χ1v) is 6.86. The minimum Gasteiger partial charge on any atom is -0.396 e. The number of aliphatic hydroxyl groups is 1. The summed E-state index contributed by atoms with van der Waals surface area (Å²) in [4.78, 5) is 14.5. The van der Waals surface area contributed by atoms with Gasteiger partial charge < -0.3 is 15.3 Å². The van der Waals surface area contributed by atoms with Gasteiger partial charge in [-0.1, -0.05) is 6.92 Å². The molecule has 0 aromatic rings. The highest BCUT2D eigenvalue weighted by Gasteiger charge is 2.37. The minimum absolute atomic E-state index is 0.171. The van der Waals surface area contributed by atoms with E-state index in [0.29, 0.717) is 17.9 Å². The molecule has 17 heavy (non-hydrogen) atoms. The molecule has 0 aromatic carbocycles. The van der Waals surface area contributed by atoms with Crippen LogP contribution in [0, 0.1) is 11.8 Å². The van der Waals surface area contributed by atoms with Gasteiger partial charge in [0.15, 0.2) is 0 Å². The van der Waals surface area contributed by atoms with E-state index in [9.17, 15) is 4.79 Å². The van der Waals surface area contributed by atoms with Crippen molar-refractivity contribution in [2.45, 2.75) is 38.6 Å². The molecule has 0 saturated carbocycles. The van der Waals surface area contributed by atoms with Crippen LogP contribution in [0.5, 0.6) is 0 Å². The number of hydrogen-bond acceptors (Lipinski definition) is 3. The number of hydrogen-bond donors (Lipinski definition) is 2. The van der Waals surface area contributed by atoms with Crippen LogP contribution in [0.2, 0.25) is 0 Å². The van der Waals surface area contributed by atoms with E-state index in [4.69, 9.17) is 5.11 Å². The fourth-order valence-corrected chi connectivity index (χ4v) is 3.11. The standard InChI is InChI=1S/C13H24N2O2/c1-10-8-14-9-12(10)13(17)15-6-2-4-11(15)5-3-7-16/h10-12,14,16H,2-9H2,1H3. The van der Waals surface area contributed by atoms with Crippen molar-refractivity contribution in [1.82, 2.24) is 10.2 Å². The van der Waals surface area contributed by atoms with Crippen molar-refractivity contribution in [3.8, 4) is 0 Å². The molecule has 0 bridgehead atoms. The van der Waals surface area contributed by atoms with Crippen molar-refractivity contribution in [1.29, 1.82) is 0 Å². The Bertz CT molecular complexity index is 270. The summed E-state index contributed by atoms with van der Waals surface area (Å²) in [7, 11) is 0. The monoisotopic (exact) mass is 240 g/mol. The van der Waals surface area contributed by atoms with Gasteiger partial charge in [0.25, 0.3) is 0 Å². The van der Waals surface area contributed by atoms with Crippen molar-refractivity contribution in [2.75, 3.05) is 26.2 Å². The van der Waals surface area contributed by atoms with E-state index in [-0.39, 0.29) is 12.5 Å². The predicted octanol–water partition coefficient (Wildman–Crippen LogP) is 0.605. The fraction of sp³-hybridized carbons (Fsp3) is 0.923. The van der Waals surface area contributed by atoms with Gasteiger partial charge in [0.2, 0.25) is 5.91 Å². The molecule has 98 valence electrons. The normalized spacial score (nSPS) is 33.3. The van der Waals surface area contributed by atoms with Gasteiger partial charge in [0.05, 0.1) is 5.92 Å². The van der Waals surface area contributed by atoms with Crippen molar-refractivity contribution in [3.05, 3.63) is 0 Å². The number of likely N-dealkylation sites (tertiary alicyclic amines) is 1. The van der Waals surface area contributed by atoms with E-state index in [2.05, 4.69) is 17.1 Å². The molecule has 1 amide bonds. The highest BCUT2D eigenvalue weighted by Crippen LogP contribution is 2.26. The maximum Gasteiger partial charge on any atom is 0.227 e. The molecule has 0 aliphatic carbocycles. The summed E-state index contributed by atoms with van der Waals surface area (Å²) in [5.74, 6) is 0.967. The Hall–Kier alpha value is -0.610. The van der Waals surface area contributed by atoms with Gasteiger partial charge in [-0.2, -0.15) is 0 Å². The molecular weight excluding hydrogens is 216 g/mol. The molecule has 2 fully saturated rings. The zero-order valence-corrected chi connectivity index (χ0v) is 10.7. The van der Waals surface area contributed by atoms with Crippen molar-refractivity contribution < 1.29 is 9.90 Å². The minimum atomic E-state index is 0.171. The molecule has 2 heterocycles. The Morgan fingerprint density at radius 2 is 2.29 bits per heavy atom. The molecule has 4 nitrogen and oxygen atoms in total. The second kappa shape index (κ2) is 5.83. The van der Waals surface area contributed by atoms with Crippen LogP contribution < -0.4 is 5.32 Å². The highest BCUT2D eigenvalue weighted by atomic mass is 16.3. The third kappa shape index (κ3) is 2.80. The number of amides is 1. The first kappa shape index (κ1) is 12.8. The van der Waals surface area contributed by atoms with Crippen molar-refractivity contribution >= 4 is 5.91 Å². The zero-order valence-electron chi connectivity index (χ0n) is 10.7. The van der Waals surface area contributed by atoms with Gasteiger partial charge in [-0.3, -0.25) is 4.79 Å². The van der Waals surface area contributed by atoms with Crippen LogP contribution in [-0.2, 0) is 4.79 Å². The van der Waals surface area contributed by atoms with E-state index < -0.39 is 0 Å². The summed E-state index contributed by atoms with van der Waals surface area (Å²) < 4.78 is 0. The van der Waals surface area contributed by atoms with Crippen LogP contribution in [0.25, 0.3) is 0 Å². The summed E-state index contributed by atoms with van der Waals surface area (Å²) in [5, 5.41) is 12.2. The quantitative estimate of drug-likeness (QED) is 0.757. The number of nitrogens with zero attached hydrogens (tertiary/aromatic N) is 1. The maximum atomic E-state index is 12.5. The highest BCUT2D eigenvalue weighted by molar-refractivity contribution is 5.80. The van der Waals surface area contributed by atoms with Gasteiger partial charge in [0.1, 0.15) is 0 Å². The molecule has 0 aromatic heterocycles. The summed E-state index contributed by atoms with van der Waals surface area (Å²) in [5.41, 5.74) is 0. The van der Waals surface area contributed by atoms with Gasteiger partial charge in [-0.15, -0.1) is 0 Å². The average molecular weight is 240 g/mol. The Labute approximate surface area is 103 Å².